The predicted molar refractivity (Wildman–Crippen MR) is 72.3 cm³/mol. The molecule has 0 aliphatic heterocycles. The number of benzene rings is 1. The van der Waals surface area contributed by atoms with Gasteiger partial charge in [0.1, 0.15) is 0 Å². The zero-order chi connectivity index (χ0) is 12.8. The molecule has 0 aliphatic carbocycles. The van der Waals surface area contributed by atoms with Gasteiger partial charge < -0.3 is 16.4 Å². The van der Waals surface area contributed by atoms with E-state index in [1.165, 1.54) is 0 Å². The Hall–Kier alpha value is -1.42. The summed E-state index contributed by atoms with van der Waals surface area (Å²) < 4.78 is 0. The highest BCUT2D eigenvalue weighted by Crippen LogP contribution is 2.23. The van der Waals surface area contributed by atoms with E-state index in [9.17, 15) is 4.79 Å². The average molecular weight is 256 g/mol. The Kier molecular flexibility index (Phi) is 5.10. The highest BCUT2D eigenvalue weighted by Gasteiger charge is 2.05. The summed E-state index contributed by atoms with van der Waals surface area (Å²) >= 11 is 5.94. The van der Waals surface area contributed by atoms with Crippen LogP contribution in [0.4, 0.5) is 16.2 Å². The van der Waals surface area contributed by atoms with Crippen molar-refractivity contribution in [1.29, 1.82) is 0 Å². The molecule has 1 aromatic carbocycles. The van der Waals surface area contributed by atoms with Crippen molar-refractivity contribution >= 4 is 29.0 Å². The fraction of sp³-hybridized carbons (Fsp3) is 0.417. The Bertz CT molecular complexity index is 393. The molecule has 4 N–H and O–H groups in total. The SMILES string of the molecule is CC(C)CCNC(=O)Nc1ccc(N)cc1Cl. The second kappa shape index (κ2) is 6.35. The molecule has 0 spiro atoms. The first-order valence-electron chi connectivity index (χ1n) is 5.59. The third-order valence-corrected chi connectivity index (χ3v) is 2.56. The van der Waals surface area contributed by atoms with Crippen LogP contribution in [0.15, 0.2) is 18.2 Å². The van der Waals surface area contributed by atoms with Crippen molar-refractivity contribution in [3.05, 3.63) is 23.2 Å². The van der Waals surface area contributed by atoms with E-state index in [-0.39, 0.29) is 6.03 Å². The standard InChI is InChI=1S/C12H18ClN3O/c1-8(2)5-6-15-12(17)16-11-4-3-9(14)7-10(11)13/h3-4,7-8H,5-6,14H2,1-2H3,(H2,15,16,17). The first-order chi connectivity index (χ1) is 7.99. The monoisotopic (exact) mass is 255 g/mol. The fourth-order valence-corrected chi connectivity index (χ4v) is 1.51. The fourth-order valence-electron chi connectivity index (χ4n) is 1.27. The first-order valence-corrected chi connectivity index (χ1v) is 5.96. The summed E-state index contributed by atoms with van der Waals surface area (Å²) in [4.78, 5) is 11.5. The van der Waals surface area contributed by atoms with Crippen molar-refractivity contribution in [2.75, 3.05) is 17.6 Å². The number of nitrogen functional groups attached to an aromatic ring is 1. The van der Waals surface area contributed by atoms with Crippen LogP contribution in [-0.2, 0) is 0 Å². The maximum atomic E-state index is 11.5. The van der Waals surface area contributed by atoms with E-state index in [2.05, 4.69) is 24.5 Å². The minimum atomic E-state index is -0.252. The van der Waals surface area contributed by atoms with Crippen LogP contribution in [0.3, 0.4) is 0 Å². The van der Waals surface area contributed by atoms with Gasteiger partial charge in [0.15, 0.2) is 0 Å². The maximum absolute atomic E-state index is 11.5. The van der Waals surface area contributed by atoms with Gasteiger partial charge in [-0.3, -0.25) is 0 Å². The molecule has 0 fully saturated rings. The number of nitrogens with two attached hydrogens (primary N) is 1. The molecule has 0 bridgehead atoms. The van der Waals surface area contributed by atoms with E-state index >= 15 is 0 Å². The van der Waals surface area contributed by atoms with Crippen LogP contribution >= 0.6 is 11.6 Å². The molecule has 0 radical (unpaired) electrons. The number of hydrogen-bond donors (Lipinski definition) is 3. The minimum absolute atomic E-state index is 0.252. The van der Waals surface area contributed by atoms with Gasteiger partial charge in [-0.2, -0.15) is 0 Å². The lowest BCUT2D eigenvalue weighted by Crippen LogP contribution is -2.30. The highest BCUT2D eigenvalue weighted by atomic mass is 35.5. The van der Waals surface area contributed by atoms with Gasteiger partial charge in [-0.05, 0) is 30.5 Å². The third-order valence-electron chi connectivity index (χ3n) is 2.25. The van der Waals surface area contributed by atoms with E-state index in [0.717, 1.165) is 6.42 Å². The molecule has 0 unspecified atom stereocenters. The Morgan fingerprint density at radius 3 is 2.76 bits per heavy atom. The van der Waals surface area contributed by atoms with Crippen LogP contribution in [-0.4, -0.2) is 12.6 Å². The van der Waals surface area contributed by atoms with Crippen molar-refractivity contribution in [1.82, 2.24) is 5.32 Å². The molecule has 0 heterocycles. The third kappa shape index (κ3) is 4.95. The van der Waals surface area contributed by atoms with Crippen LogP contribution in [0.5, 0.6) is 0 Å². The summed E-state index contributed by atoms with van der Waals surface area (Å²) in [5.41, 5.74) is 6.69. The molecule has 0 aliphatic rings. The smallest absolute Gasteiger partial charge is 0.319 e. The normalized spacial score (nSPS) is 10.4. The Morgan fingerprint density at radius 2 is 2.18 bits per heavy atom. The predicted octanol–water partition coefficient (Wildman–Crippen LogP) is 3.09. The van der Waals surface area contributed by atoms with E-state index in [4.69, 9.17) is 17.3 Å². The maximum Gasteiger partial charge on any atom is 0.319 e. The Labute approximate surface area is 107 Å². The molecular formula is C12H18ClN3O. The van der Waals surface area contributed by atoms with Crippen molar-refractivity contribution < 1.29 is 4.79 Å². The second-order valence-corrected chi connectivity index (χ2v) is 4.71. The average Bonchev–Trinajstić information content (AvgIpc) is 2.21. The lowest BCUT2D eigenvalue weighted by molar-refractivity contribution is 0.251. The summed E-state index contributed by atoms with van der Waals surface area (Å²) in [5, 5.41) is 5.87. The number of urea groups is 1. The van der Waals surface area contributed by atoms with Gasteiger partial charge in [0.25, 0.3) is 0 Å². The second-order valence-electron chi connectivity index (χ2n) is 4.30. The molecule has 2 amide bonds. The lowest BCUT2D eigenvalue weighted by atomic mass is 10.1. The molecule has 94 valence electrons. The van der Waals surface area contributed by atoms with Gasteiger partial charge in [0.05, 0.1) is 10.7 Å². The van der Waals surface area contributed by atoms with Gasteiger partial charge in [-0.15, -0.1) is 0 Å². The van der Waals surface area contributed by atoms with Gasteiger partial charge in [0, 0.05) is 12.2 Å². The van der Waals surface area contributed by atoms with Crippen molar-refractivity contribution in [2.45, 2.75) is 20.3 Å². The lowest BCUT2D eigenvalue weighted by Gasteiger charge is -2.10. The van der Waals surface area contributed by atoms with Crippen LogP contribution in [0.1, 0.15) is 20.3 Å². The van der Waals surface area contributed by atoms with Crippen LogP contribution in [0, 0.1) is 5.92 Å². The molecule has 0 saturated heterocycles. The topological polar surface area (TPSA) is 67.2 Å². The molecular weight excluding hydrogens is 238 g/mol. The number of amides is 2. The number of rotatable bonds is 4. The zero-order valence-corrected chi connectivity index (χ0v) is 10.8. The van der Waals surface area contributed by atoms with Gasteiger partial charge in [0.2, 0.25) is 0 Å². The number of halogens is 1. The van der Waals surface area contributed by atoms with Gasteiger partial charge in [-0.1, -0.05) is 25.4 Å². The van der Waals surface area contributed by atoms with Gasteiger partial charge >= 0.3 is 6.03 Å². The summed E-state index contributed by atoms with van der Waals surface area (Å²) in [7, 11) is 0. The van der Waals surface area contributed by atoms with E-state index < -0.39 is 0 Å². The summed E-state index contributed by atoms with van der Waals surface area (Å²) in [5.74, 6) is 0.565. The molecule has 17 heavy (non-hydrogen) atoms. The van der Waals surface area contributed by atoms with Crippen LogP contribution < -0.4 is 16.4 Å². The molecule has 0 saturated carbocycles. The molecule has 1 aromatic rings. The van der Waals surface area contributed by atoms with Gasteiger partial charge in [-0.25, -0.2) is 4.79 Å². The molecule has 4 nitrogen and oxygen atoms in total. The van der Waals surface area contributed by atoms with E-state index in [1.54, 1.807) is 18.2 Å². The number of carbonyl (C=O) groups is 1. The van der Waals surface area contributed by atoms with Crippen molar-refractivity contribution in [2.24, 2.45) is 5.92 Å². The van der Waals surface area contributed by atoms with Crippen LogP contribution in [0.2, 0.25) is 5.02 Å². The Morgan fingerprint density at radius 1 is 1.47 bits per heavy atom. The molecule has 0 atom stereocenters. The van der Waals surface area contributed by atoms with Crippen molar-refractivity contribution in [3.8, 4) is 0 Å². The molecule has 0 aromatic heterocycles. The summed E-state index contributed by atoms with van der Waals surface area (Å²) in [6.45, 7) is 4.86. The van der Waals surface area contributed by atoms with E-state index in [1.807, 2.05) is 0 Å². The molecule has 1 rings (SSSR count). The quantitative estimate of drug-likeness (QED) is 0.724. The largest absolute Gasteiger partial charge is 0.399 e. The minimum Gasteiger partial charge on any atom is -0.399 e. The van der Waals surface area contributed by atoms with Crippen molar-refractivity contribution in [3.63, 3.8) is 0 Å². The Balaban J connectivity index is 2.45. The summed E-state index contributed by atoms with van der Waals surface area (Å²) in [6.07, 6.45) is 0.947. The first kappa shape index (κ1) is 13.6. The van der Waals surface area contributed by atoms with E-state index in [0.29, 0.717) is 28.9 Å². The zero-order valence-electron chi connectivity index (χ0n) is 10.1. The summed E-state index contributed by atoms with van der Waals surface area (Å²) in [6, 6.07) is 4.72. The number of nitrogens with one attached hydrogen (secondary N) is 2. The molecule has 5 heteroatoms. The number of carbonyl (C=O) groups excluding carboxylic acids is 1. The number of hydrogen-bond acceptors (Lipinski definition) is 2. The highest BCUT2D eigenvalue weighted by molar-refractivity contribution is 6.34. The number of anilines is 2. The van der Waals surface area contributed by atoms with Crippen LogP contribution in [0.25, 0.3) is 0 Å².